The molecule has 124 valence electrons. The standard InChI is InChI=1S/C18H19N3O3/c22-17-7-14(8-19-9-17)20-10-16-6-15(20)11-21(16)18(23)24-12-13-4-2-1-3-5-13/h1-5,7-9,15-16,22H,6,10-12H2/t15-,16-/m0/s1. The summed E-state index contributed by atoms with van der Waals surface area (Å²) in [7, 11) is 0. The first-order valence-corrected chi connectivity index (χ1v) is 8.08. The molecular weight excluding hydrogens is 306 g/mol. The van der Waals surface area contributed by atoms with Crippen LogP contribution in [0.25, 0.3) is 0 Å². The second-order valence-electron chi connectivity index (χ2n) is 6.29. The molecule has 0 aliphatic carbocycles. The van der Waals surface area contributed by atoms with Crippen molar-refractivity contribution >= 4 is 11.8 Å². The summed E-state index contributed by atoms with van der Waals surface area (Å²) in [6.07, 6.45) is 3.85. The number of carbonyl (C=O) groups excluding carboxylic acids is 1. The summed E-state index contributed by atoms with van der Waals surface area (Å²) in [5.74, 6) is 0.161. The number of hydrogen-bond acceptors (Lipinski definition) is 5. The molecule has 1 amide bonds. The van der Waals surface area contributed by atoms with E-state index in [1.54, 1.807) is 12.3 Å². The average Bonchev–Trinajstić information content (AvgIpc) is 3.21. The fourth-order valence-corrected chi connectivity index (χ4v) is 3.58. The molecule has 2 fully saturated rings. The zero-order valence-electron chi connectivity index (χ0n) is 13.2. The van der Waals surface area contributed by atoms with Crippen molar-refractivity contribution in [3.8, 4) is 5.75 Å². The van der Waals surface area contributed by atoms with Crippen LogP contribution < -0.4 is 4.90 Å². The van der Waals surface area contributed by atoms with E-state index in [1.165, 1.54) is 6.20 Å². The van der Waals surface area contributed by atoms with Gasteiger partial charge in [0.2, 0.25) is 0 Å². The topological polar surface area (TPSA) is 65.9 Å². The second kappa shape index (κ2) is 6.03. The molecule has 1 aromatic heterocycles. The minimum absolute atomic E-state index is 0.153. The molecular formula is C18H19N3O3. The Morgan fingerprint density at radius 3 is 2.75 bits per heavy atom. The van der Waals surface area contributed by atoms with Gasteiger partial charge in [0, 0.05) is 25.2 Å². The Morgan fingerprint density at radius 1 is 1.21 bits per heavy atom. The van der Waals surface area contributed by atoms with E-state index in [-0.39, 0.29) is 23.9 Å². The number of anilines is 1. The average molecular weight is 325 g/mol. The van der Waals surface area contributed by atoms with Crippen molar-refractivity contribution in [2.45, 2.75) is 25.1 Å². The smallest absolute Gasteiger partial charge is 0.410 e. The third kappa shape index (κ3) is 2.75. The maximum absolute atomic E-state index is 12.3. The maximum atomic E-state index is 12.3. The lowest BCUT2D eigenvalue weighted by Crippen LogP contribution is -2.49. The lowest BCUT2D eigenvalue weighted by Gasteiger charge is -2.34. The molecule has 0 spiro atoms. The summed E-state index contributed by atoms with van der Waals surface area (Å²) in [4.78, 5) is 20.4. The number of carbonyl (C=O) groups is 1. The number of aromatic hydroxyl groups is 1. The molecule has 24 heavy (non-hydrogen) atoms. The molecule has 3 heterocycles. The van der Waals surface area contributed by atoms with E-state index < -0.39 is 0 Å². The molecule has 2 aromatic rings. The van der Waals surface area contributed by atoms with Crippen LogP contribution in [0.1, 0.15) is 12.0 Å². The highest BCUT2D eigenvalue weighted by Gasteiger charge is 2.46. The van der Waals surface area contributed by atoms with Crippen molar-refractivity contribution in [3.05, 3.63) is 54.4 Å². The zero-order chi connectivity index (χ0) is 16.5. The van der Waals surface area contributed by atoms with Crippen LogP contribution in [-0.4, -0.2) is 46.3 Å². The predicted molar refractivity (Wildman–Crippen MR) is 88.8 cm³/mol. The van der Waals surface area contributed by atoms with E-state index in [9.17, 15) is 9.90 Å². The van der Waals surface area contributed by atoms with E-state index >= 15 is 0 Å². The monoisotopic (exact) mass is 325 g/mol. The molecule has 2 bridgehead atoms. The Hall–Kier alpha value is -2.76. The summed E-state index contributed by atoms with van der Waals surface area (Å²) in [5.41, 5.74) is 1.89. The number of fused-ring (bicyclic) bond motifs is 2. The molecule has 2 aliphatic heterocycles. The Morgan fingerprint density at radius 2 is 2.04 bits per heavy atom. The molecule has 2 saturated heterocycles. The number of rotatable bonds is 3. The van der Waals surface area contributed by atoms with Crippen molar-refractivity contribution in [2.75, 3.05) is 18.0 Å². The summed E-state index contributed by atoms with van der Waals surface area (Å²) >= 11 is 0. The number of hydrogen-bond donors (Lipinski definition) is 1. The van der Waals surface area contributed by atoms with Crippen LogP contribution in [0, 0.1) is 0 Å². The van der Waals surface area contributed by atoms with Gasteiger partial charge >= 0.3 is 6.09 Å². The number of nitrogens with zero attached hydrogens (tertiary/aromatic N) is 3. The van der Waals surface area contributed by atoms with Crippen molar-refractivity contribution in [1.82, 2.24) is 9.88 Å². The quantitative estimate of drug-likeness (QED) is 0.938. The normalized spacial score (nSPS) is 22.0. The number of amides is 1. The maximum Gasteiger partial charge on any atom is 0.410 e. The molecule has 0 unspecified atom stereocenters. The van der Waals surface area contributed by atoms with Gasteiger partial charge in [-0.25, -0.2) is 4.79 Å². The Labute approximate surface area is 140 Å². The molecule has 2 atom stereocenters. The van der Waals surface area contributed by atoms with Crippen LogP contribution in [0.5, 0.6) is 5.75 Å². The number of ether oxygens (including phenoxy) is 1. The fraction of sp³-hybridized carbons (Fsp3) is 0.333. The highest BCUT2D eigenvalue weighted by molar-refractivity contribution is 5.70. The summed E-state index contributed by atoms with van der Waals surface area (Å²) in [6.45, 7) is 1.69. The molecule has 4 rings (SSSR count). The Balaban J connectivity index is 1.37. The lowest BCUT2D eigenvalue weighted by atomic mass is 10.2. The number of piperazine rings is 1. The van der Waals surface area contributed by atoms with Crippen molar-refractivity contribution < 1.29 is 14.6 Å². The predicted octanol–water partition coefficient (Wildman–Crippen LogP) is 2.39. The first-order chi connectivity index (χ1) is 11.7. The van der Waals surface area contributed by atoms with E-state index in [1.807, 2.05) is 35.2 Å². The van der Waals surface area contributed by atoms with Gasteiger partial charge in [-0.1, -0.05) is 30.3 Å². The van der Waals surface area contributed by atoms with Crippen molar-refractivity contribution in [3.63, 3.8) is 0 Å². The minimum Gasteiger partial charge on any atom is -0.506 e. The van der Waals surface area contributed by atoms with Crippen molar-refractivity contribution in [2.24, 2.45) is 0 Å². The van der Waals surface area contributed by atoms with Gasteiger partial charge in [0.1, 0.15) is 12.4 Å². The fourth-order valence-electron chi connectivity index (χ4n) is 3.58. The van der Waals surface area contributed by atoms with Crippen LogP contribution >= 0.6 is 0 Å². The van der Waals surface area contributed by atoms with E-state index in [0.717, 1.165) is 24.2 Å². The highest BCUT2D eigenvalue weighted by Crippen LogP contribution is 2.35. The van der Waals surface area contributed by atoms with E-state index in [4.69, 9.17) is 4.74 Å². The van der Waals surface area contributed by atoms with Gasteiger partial charge in [-0.15, -0.1) is 0 Å². The molecule has 1 aromatic carbocycles. The van der Waals surface area contributed by atoms with E-state index in [2.05, 4.69) is 9.88 Å². The minimum atomic E-state index is -0.250. The van der Waals surface area contributed by atoms with Gasteiger partial charge in [-0.2, -0.15) is 0 Å². The van der Waals surface area contributed by atoms with Crippen molar-refractivity contribution in [1.29, 1.82) is 0 Å². The number of aromatic nitrogens is 1. The van der Waals surface area contributed by atoms with Gasteiger partial charge in [0.05, 0.1) is 24.1 Å². The molecule has 6 nitrogen and oxygen atoms in total. The zero-order valence-corrected chi connectivity index (χ0v) is 13.2. The Kier molecular flexibility index (Phi) is 3.72. The first kappa shape index (κ1) is 14.8. The number of benzene rings is 1. The highest BCUT2D eigenvalue weighted by atomic mass is 16.6. The number of pyridine rings is 1. The van der Waals surface area contributed by atoms with Gasteiger partial charge < -0.3 is 19.6 Å². The van der Waals surface area contributed by atoms with Crippen LogP contribution in [0.3, 0.4) is 0 Å². The largest absolute Gasteiger partial charge is 0.506 e. The molecule has 0 saturated carbocycles. The van der Waals surface area contributed by atoms with Crippen LogP contribution in [0.4, 0.5) is 10.5 Å². The van der Waals surface area contributed by atoms with Gasteiger partial charge in [-0.05, 0) is 12.0 Å². The SMILES string of the molecule is O=C(OCc1ccccc1)N1C[C@@H]2C[C@H]1CN2c1cncc(O)c1. The lowest BCUT2D eigenvalue weighted by molar-refractivity contribution is 0.0898. The summed E-state index contributed by atoms with van der Waals surface area (Å²) in [5, 5.41) is 9.59. The Bertz CT molecular complexity index is 737. The second-order valence-corrected chi connectivity index (χ2v) is 6.29. The van der Waals surface area contributed by atoms with Crippen LogP contribution in [0.2, 0.25) is 0 Å². The van der Waals surface area contributed by atoms with E-state index in [0.29, 0.717) is 13.2 Å². The third-order valence-corrected chi connectivity index (χ3v) is 4.72. The summed E-state index contributed by atoms with van der Waals surface area (Å²) < 4.78 is 5.44. The molecule has 0 radical (unpaired) electrons. The number of likely N-dealkylation sites (tertiary alicyclic amines) is 1. The van der Waals surface area contributed by atoms with Gasteiger partial charge in [-0.3, -0.25) is 4.98 Å². The molecule has 2 aliphatic rings. The molecule has 6 heteroatoms. The van der Waals surface area contributed by atoms with Gasteiger partial charge in [0.15, 0.2) is 0 Å². The van der Waals surface area contributed by atoms with Crippen LogP contribution in [0.15, 0.2) is 48.8 Å². The third-order valence-electron chi connectivity index (χ3n) is 4.72. The summed E-state index contributed by atoms with van der Waals surface area (Å²) in [6, 6.07) is 11.8. The van der Waals surface area contributed by atoms with Gasteiger partial charge in [0.25, 0.3) is 0 Å². The molecule has 1 N–H and O–H groups in total. The first-order valence-electron chi connectivity index (χ1n) is 8.08. The van der Waals surface area contributed by atoms with Crippen LogP contribution in [-0.2, 0) is 11.3 Å².